The van der Waals surface area contributed by atoms with E-state index in [0.717, 1.165) is 17.2 Å². The summed E-state index contributed by atoms with van der Waals surface area (Å²) in [6, 6.07) is 11.3. The number of hydrogen-bond donors (Lipinski definition) is 1. The highest BCUT2D eigenvalue weighted by molar-refractivity contribution is 5.87. The SMILES string of the molecule is Cc1ccccc1COc1ccc(C(=O)O)cc1F. The highest BCUT2D eigenvalue weighted by Gasteiger charge is 2.09. The van der Waals surface area contributed by atoms with Crippen molar-refractivity contribution < 1.29 is 19.0 Å². The monoisotopic (exact) mass is 260 g/mol. The van der Waals surface area contributed by atoms with E-state index in [4.69, 9.17) is 9.84 Å². The molecule has 0 aliphatic rings. The summed E-state index contributed by atoms with van der Waals surface area (Å²) >= 11 is 0. The summed E-state index contributed by atoms with van der Waals surface area (Å²) in [4.78, 5) is 10.7. The minimum Gasteiger partial charge on any atom is -0.486 e. The molecule has 4 heteroatoms. The van der Waals surface area contributed by atoms with E-state index in [-0.39, 0.29) is 17.9 Å². The number of aryl methyl sites for hydroxylation is 1. The van der Waals surface area contributed by atoms with E-state index in [1.54, 1.807) is 0 Å². The van der Waals surface area contributed by atoms with E-state index in [0.29, 0.717) is 0 Å². The minimum atomic E-state index is -1.16. The van der Waals surface area contributed by atoms with Crippen LogP contribution in [-0.4, -0.2) is 11.1 Å². The maximum atomic E-state index is 13.6. The van der Waals surface area contributed by atoms with Crippen LogP contribution >= 0.6 is 0 Å². The van der Waals surface area contributed by atoms with Crippen LogP contribution in [0, 0.1) is 12.7 Å². The first kappa shape index (κ1) is 13.1. The number of rotatable bonds is 4. The summed E-state index contributed by atoms with van der Waals surface area (Å²) in [7, 11) is 0. The molecule has 0 heterocycles. The molecule has 2 aromatic rings. The smallest absolute Gasteiger partial charge is 0.335 e. The van der Waals surface area contributed by atoms with Crippen LogP contribution in [0.5, 0.6) is 5.75 Å². The molecule has 98 valence electrons. The van der Waals surface area contributed by atoms with Crippen LogP contribution in [0.15, 0.2) is 42.5 Å². The van der Waals surface area contributed by atoms with Gasteiger partial charge in [0.15, 0.2) is 11.6 Å². The topological polar surface area (TPSA) is 46.5 Å². The van der Waals surface area contributed by atoms with Crippen LogP contribution in [0.3, 0.4) is 0 Å². The Labute approximate surface area is 110 Å². The molecule has 0 radical (unpaired) electrons. The van der Waals surface area contributed by atoms with Crippen molar-refractivity contribution in [1.29, 1.82) is 0 Å². The fourth-order valence-electron chi connectivity index (χ4n) is 1.68. The second-order valence-electron chi connectivity index (χ2n) is 4.17. The van der Waals surface area contributed by atoms with Crippen molar-refractivity contribution in [3.63, 3.8) is 0 Å². The number of carboxylic acids is 1. The second kappa shape index (κ2) is 5.52. The quantitative estimate of drug-likeness (QED) is 0.916. The molecular weight excluding hydrogens is 247 g/mol. The van der Waals surface area contributed by atoms with Gasteiger partial charge in [0.2, 0.25) is 0 Å². The number of hydrogen-bond acceptors (Lipinski definition) is 2. The van der Waals surface area contributed by atoms with Crippen molar-refractivity contribution in [1.82, 2.24) is 0 Å². The van der Waals surface area contributed by atoms with Gasteiger partial charge in [-0.1, -0.05) is 24.3 Å². The van der Waals surface area contributed by atoms with E-state index in [2.05, 4.69) is 0 Å². The molecule has 0 unspecified atom stereocenters. The first-order chi connectivity index (χ1) is 9.08. The molecule has 1 N–H and O–H groups in total. The van der Waals surface area contributed by atoms with Gasteiger partial charge < -0.3 is 9.84 Å². The van der Waals surface area contributed by atoms with E-state index >= 15 is 0 Å². The van der Waals surface area contributed by atoms with E-state index in [1.807, 2.05) is 31.2 Å². The Morgan fingerprint density at radius 1 is 1.26 bits per heavy atom. The molecule has 0 saturated carbocycles. The molecule has 0 aromatic heterocycles. The Morgan fingerprint density at radius 3 is 2.63 bits per heavy atom. The van der Waals surface area contributed by atoms with Crippen molar-refractivity contribution in [3.8, 4) is 5.75 Å². The van der Waals surface area contributed by atoms with Gasteiger partial charge in [-0.3, -0.25) is 0 Å². The Bertz CT molecular complexity index is 608. The fraction of sp³-hybridized carbons (Fsp3) is 0.133. The number of carbonyl (C=O) groups is 1. The van der Waals surface area contributed by atoms with Crippen LogP contribution in [0.4, 0.5) is 4.39 Å². The predicted octanol–water partition coefficient (Wildman–Crippen LogP) is 3.41. The van der Waals surface area contributed by atoms with E-state index in [9.17, 15) is 9.18 Å². The normalized spacial score (nSPS) is 10.2. The van der Waals surface area contributed by atoms with Gasteiger partial charge in [-0.05, 0) is 36.2 Å². The number of aromatic carboxylic acids is 1. The largest absolute Gasteiger partial charge is 0.486 e. The van der Waals surface area contributed by atoms with Gasteiger partial charge in [0.1, 0.15) is 6.61 Å². The maximum Gasteiger partial charge on any atom is 0.335 e. The molecule has 0 atom stereocenters. The summed E-state index contributed by atoms with van der Waals surface area (Å²) in [5.41, 5.74) is 1.93. The third-order valence-electron chi connectivity index (χ3n) is 2.82. The van der Waals surface area contributed by atoms with Crippen molar-refractivity contribution in [2.75, 3.05) is 0 Å². The van der Waals surface area contributed by atoms with Crippen LogP contribution in [0.1, 0.15) is 21.5 Å². The summed E-state index contributed by atoms with van der Waals surface area (Å²) in [6.45, 7) is 2.19. The lowest BCUT2D eigenvalue weighted by Crippen LogP contribution is -2.01. The Hall–Kier alpha value is -2.36. The molecule has 0 saturated heterocycles. The first-order valence-corrected chi connectivity index (χ1v) is 5.78. The molecule has 0 aliphatic carbocycles. The molecule has 0 aliphatic heterocycles. The highest BCUT2D eigenvalue weighted by atomic mass is 19.1. The summed E-state index contributed by atoms with van der Waals surface area (Å²) in [5.74, 6) is -1.79. The standard InChI is InChI=1S/C15H13FO3/c1-10-4-2-3-5-12(10)9-19-14-7-6-11(15(17)18)8-13(14)16/h2-8H,9H2,1H3,(H,17,18). The third kappa shape index (κ3) is 3.10. The van der Waals surface area contributed by atoms with Gasteiger partial charge >= 0.3 is 5.97 Å². The van der Waals surface area contributed by atoms with Crippen LogP contribution in [-0.2, 0) is 6.61 Å². The number of carboxylic acid groups (broad SMARTS) is 1. The molecule has 3 nitrogen and oxygen atoms in total. The lowest BCUT2D eigenvalue weighted by Gasteiger charge is -2.09. The van der Waals surface area contributed by atoms with Crippen molar-refractivity contribution in [2.24, 2.45) is 0 Å². The van der Waals surface area contributed by atoms with Gasteiger partial charge in [-0.2, -0.15) is 0 Å². The summed E-state index contributed by atoms with van der Waals surface area (Å²) in [5, 5.41) is 8.74. The van der Waals surface area contributed by atoms with Crippen LogP contribution in [0.2, 0.25) is 0 Å². The van der Waals surface area contributed by atoms with Crippen molar-refractivity contribution in [2.45, 2.75) is 13.5 Å². The van der Waals surface area contributed by atoms with E-state index < -0.39 is 11.8 Å². The molecule has 0 amide bonds. The zero-order valence-corrected chi connectivity index (χ0v) is 10.4. The lowest BCUT2D eigenvalue weighted by atomic mass is 10.1. The van der Waals surface area contributed by atoms with Crippen molar-refractivity contribution >= 4 is 5.97 Å². The predicted molar refractivity (Wildman–Crippen MR) is 68.9 cm³/mol. The van der Waals surface area contributed by atoms with Gasteiger partial charge in [0, 0.05) is 0 Å². The van der Waals surface area contributed by atoms with E-state index in [1.165, 1.54) is 12.1 Å². The minimum absolute atomic E-state index is 0.0493. The van der Waals surface area contributed by atoms with Crippen molar-refractivity contribution in [3.05, 3.63) is 65.0 Å². The maximum absolute atomic E-state index is 13.6. The molecule has 2 aromatic carbocycles. The molecule has 0 fully saturated rings. The number of halogens is 1. The first-order valence-electron chi connectivity index (χ1n) is 5.78. The number of ether oxygens (including phenoxy) is 1. The van der Waals surface area contributed by atoms with Gasteiger partial charge in [0.05, 0.1) is 5.56 Å². The van der Waals surface area contributed by atoms with Crippen LogP contribution in [0.25, 0.3) is 0 Å². The molecule has 19 heavy (non-hydrogen) atoms. The molecule has 0 spiro atoms. The zero-order valence-electron chi connectivity index (χ0n) is 10.4. The lowest BCUT2D eigenvalue weighted by molar-refractivity contribution is 0.0696. The van der Waals surface area contributed by atoms with Gasteiger partial charge in [-0.15, -0.1) is 0 Å². The molecule has 0 bridgehead atoms. The third-order valence-corrected chi connectivity index (χ3v) is 2.82. The second-order valence-corrected chi connectivity index (χ2v) is 4.17. The number of benzene rings is 2. The van der Waals surface area contributed by atoms with Gasteiger partial charge in [-0.25, -0.2) is 9.18 Å². The Morgan fingerprint density at radius 2 is 2.00 bits per heavy atom. The summed E-state index contributed by atoms with van der Waals surface area (Å²) < 4.78 is 19.0. The van der Waals surface area contributed by atoms with Gasteiger partial charge in [0.25, 0.3) is 0 Å². The molecule has 2 rings (SSSR count). The molecular formula is C15H13FO3. The Kier molecular flexibility index (Phi) is 3.80. The average molecular weight is 260 g/mol. The van der Waals surface area contributed by atoms with Crippen LogP contribution < -0.4 is 4.74 Å². The summed E-state index contributed by atoms with van der Waals surface area (Å²) in [6.07, 6.45) is 0. The zero-order chi connectivity index (χ0) is 13.8. The fourth-order valence-corrected chi connectivity index (χ4v) is 1.68. The highest BCUT2D eigenvalue weighted by Crippen LogP contribution is 2.20. The Balaban J connectivity index is 2.12. The average Bonchev–Trinajstić information content (AvgIpc) is 2.39.